The molecule has 124 valence electrons. The number of anilines is 1. The summed E-state index contributed by atoms with van der Waals surface area (Å²) in [6.45, 7) is 3.11. The van der Waals surface area contributed by atoms with E-state index in [4.69, 9.17) is 0 Å². The van der Waals surface area contributed by atoms with Crippen LogP contribution in [0.15, 0.2) is 48.7 Å². The molecule has 1 fully saturated rings. The van der Waals surface area contributed by atoms with Crippen LogP contribution in [0.5, 0.6) is 0 Å². The monoisotopic (exact) mass is 324 g/mol. The summed E-state index contributed by atoms with van der Waals surface area (Å²) in [5.41, 5.74) is 1.42. The molecule has 6 heteroatoms. The van der Waals surface area contributed by atoms with Crippen molar-refractivity contribution in [3.8, 4) is 0 Å². The summed E-state index contributed by atoms with van der Waals surface area (Å²) in [4.78, 5) is 33.0. The minimum atomic E-state index is -0.325. The van der Waals surface area contributed by atoms with Crippen molar-refractivity contribution in [3.63, 3.8) is 0 Å². The van der Waals surface area contributed by atoms with Gasteiger partial charge in [0.1, 0.15) is 5.69 Å². The highest BCUT2D eigenvalue weighted by Crippen LogP contribution is 2.11. The van der Waals surface area contributed by atoms with Crippen LogP contribution in [-0.4, -0.2) is 59.8 Å². The number of amides is 2. The van der Waals surface area contributed by atoms with Gasteiger partial charge in [-0.15, -0.1) is 0 Å². The molecule has 0 bridgehead atoms. The average Bonchev–Trinajstić information content (AvgIpc) is 2.63. The minimum absolute atomic E-state index is 0.0562. The molecule has 1 aliphatic rings. The van der Waals surface area contributed by atoms with E-state index in [-0.39, 0.29) is 17.5 Å². The highest BCUT2D eigenvalue weighted by Gasteiger charge is 2.21. The van der Waals surface area contributed by atoms with Crippen LogP contribution in [0.25, 0.3) is 0 Å². The number of piperazine rings is 1. The minimum Gasteiger partial charge on any atom is -0.336 e. The molecule has 0 radical (unpaired) electrons. The van der Waals surface area contributed by atoms with E-state index in [1.807, 2.05) is 30.1 Å². The molecular formula is C18H20N4O2. The van der Waals surface area contributed by atoms with E-state index in [1.165, 1.54) is 6.20 Å². The standard InChI is InChI=1S/C18H20N4O2/c1-21-9-11-22(12-10-21)18(24)14-7-8-19-16(13-14)17(23)20-15-5-3-2-4-6-15/h2-8,13H,9-12H2,1H3,(H,20,23). The molecule has 3 rings (SSSR count). The number of nitrogens with zero attached hydrogens (tertiary/aromatic N) is 3. The van der Waals surface area contributed by atoms with Crippen molar-refractivity contribution in [3.05, 3.63) is 59.9 Å². The molecule has 24 heavy (non-hydrogen) atoms. The van der Waals surface area contributed by atoms with Gasteiger partial charge in [0.15, 0.2) is 0 Å². The molecule has 1 saturated heterocycles. The van der Waals surface area contributed by atoms with Crippen LogP contribution in [-0.2, 0) is 0 Å². The first kappa shape index (κ1) is 16.1. The lowest BCUT2D eigenvalue weighted by atomic mass is 10.1. The molecule has 2 heterocycles. The Labute approximate surface area is 141 Å². The van der Waals surface area contributed by atoms with Gasteiger partial charge in [0.05, 0.1) is 0 Å². The third kappa shape index (κ3) is 3.78. The van der Waals surface area contributed by atoms with E-state index in [1.54, 1.807) is 24.3 Å². The number of aromatic nitrogens is 1. The van der Waals surface area contributed by atoms with Gasteiger partial charge in [-0.05, 0) is 31.3 Å². The maximum atomic E-state index is 12.6. The van der Waals surface area contributed by atoms with Crippen LogP contribution in [0.2, 0.25) is 0 Å². The first-order valence-corrected chi connectivity index (χ1v) is 7.94. The largest absolute Gasteiger partial charge is 0.336 e. The van der Waals surface area contributed by atoms with E-state index < -0.39 is 0 Å². The SMILES string of the molecule is CN1CCN(C(=O)c2ccnc(C(=O)Nc3ccccc3)c2)CC1. The van der Waals surface area contributed by atoms with E-state index >= 15 is 0 Å². The van der Waals surface area contributed by atoms with Crippen molar-refractivity contribution in [1.82, 2.24) is 14.8 Å². The summed E-state index contributed by atoms with van der Waals surface area (Å²) < 4.78 is 0. The molecule has 1 aliphatic heterocycles. The summed E-state index contributed by atoms with van der Waals surface area (Å²) >= 11 is 0. The molecular weight excluding hydrogens is 304 g/mol. The Morgan fingerprint density at radius 2 is 1.75 bits per heavy atom. The summed E-state index contributed by atoms with van der Waals surface area (Å²) in [6, 6.07) is 12.4. The van der Waals surface area contributed by atoms with Crippen molar-refractivity contribution in [2.24, 2.45) is 0 Å². The van der Waals surface area contributed by atoms with Gasteiger partial charge in [0.2, 0.25) is 0 Å². The zero-order valence-electron chi connectivity index (χ0n) is 13.6. The first-order valence-electron chi connectivity index (χ1n) is 7.94. The van der Waals surface area contributed by atoms with E-state index in [9.17, 15) is 9.59 Å². The van der Waals surface area contributed by atoms with Crippen molar-refractivity contribution in [1.29, 1.82) is 0 Å². The summed E-state index contributed by atoms with van der Waals surface area (Å²) in [7, 11) is 2.04. The number of carbonyl (C=O) groups excluding carboxylic acids is 2. The fraction of sp³-hybridized carbons (Fsp3) is 0.278. The lowest BCUT2D eigenvalue weighted by Gasteiger charge is -2.32. The predicted molar refractivity (Wildman–Crippen MR) is 92.0 cm³/mol. The normalized spacial score (nSPS) is 15.1. The van der Waals surface area contributed by atoms with Crippen LogP contribution in [0.1, 0.15) is 20.8 Å². The van der Waals surface area contributed by atoms with E-state index in [0.29, 0.717) is 24.3 Å². The number of benzene rings is 1. The maximum absolute atomic E-state index is 12.6. The molecule has 1 aromatic heterocycles. The van der Waals surface area contributed by atoms with Gasteiger partial charge in [-0.3, -0.25) is 14.6 Å². The molecule has 6 nitrogen and oxygen atoms in total. The Kier molecular flexibility index (Phi) is 4.86. The highest BCUT2D eigenvalue weighted by molar-refractivity contribution is 6.04. The van der Waals surface area contributed by atoms with Gasteiger partial charge < -0.3 is 15.1 Å². The molecule has 0 aliphatic carbocycles. The molecule has 2 amide bonds. The number of carbonyl (C=O) groups is 2. The van der Waals surface area contributed by atoms with E-state index in [0.717, 1.165) is 13.1 Å². The second-order valence-corrected chi connectivity index (χ2v) is 5.85. The third-order valence-corrected chi connectivity index (χ3v) is 4.06. The highest BCUT2D eigenvalue weighted by atomic mass is 16.2. The maximum Gasteiger partial charge on any atom is 0.274 e. The number of hydrogen-bond donors (Lipinski definition) is 1. The number of pyridine rings is 1. The van der Waals surface area contributed by atoms with Crippen LogP contribution in [0.3, 0.4) is 0 Å². The average molecular weight is 324 g/mol. The molecule has 1 N–H and O–H groups in total. The smallest absolute Gasteiger partial charge is 0.274 e. The Morgan fingerprint density at radius 3 is 2.46 bits per heavy atom. The topological polar surface area (TPSA) is 65.5 Å². The van der Waals surface area contributed by atoms with Gasteiger partial charge in [0, 0.05) is 43.6 Å². The zero-order valence-corrected chi connectivity index (χ0v) is 13.6. The number of rotatable bonds is 3. The quantitative estimate of drug-likeness (QED) is 0.934. The van der Waals surface area contributed by atoms with Gasteiger partial charge in [-0.2, -0.15) is 0 Å². The van der Waals surface area contributed by atoms with Gasteiger partial charge in [0.25, 0.3) is 11.8 Å². The van der Waals surface area contributed by atoms with Gasteiger partial charge in [-0.1, -0.05) is 18.2 Å². The van der Waals surface area contributed by atoms with E-state index in [2.05, 4.69) is 15.2 Å². The van der Waals surface area contributed by atoms with Crippen molar-refractivity contribution >= 4 is 17.5 Å². The van der Waals surface area contributed by atoms with Crippen LogP contribution in [0, 0.1) is 0 Å². The molecule has 0 saturated carbocycles. The molecule has 1 aromatic carbocycles. The molecule has 0 spiro atoms. The van der Waals surface area contributed by atoms with Crippen molar-refractivity contribution < 1.29 is 9.59 Å². The number of likely N-dealkylation sites (N-methyl/N-ethyl adjacent to an activating group) is 1. The summed E-state index contributed by atoms with van der Waals surface area (Å²) in [5.74, 6) is -0.381. The Balaban J connectivity index is 1.71. The van der Waals surface area contributed by atoms with Crippen LogP contribution in [0.4, 0.5) is 5.69 Å². The second kappa shape index (κ2) is 7.23. The number of hydrogen-bond acceptors (Lipinski definition) is 4. The third-order valence-electron chi connectivity index (χ3n) is 4.06. The Bertz CT molecular complexity index is 725. The van der Waals surface area contributed by atoms with Crippen molar-refractivity contribution in [2.45, 2.75) is 0 Å². The predicted octanol–water partition coefficient (Wildman–Crippen LogP) is 1.72. The summed E-state index contributed by atoms with van der Waals surface area (Å²) in [5, 5.41) is 2.78. The first-order chi connectivity index (χ1) is 11.6. The number of nitrogens with one attached hydrogen (secondary N) is 1. The molecule has 0 unspecified atom stereocenters. The van der Waals surface area contributed by atoms with Crippen LogP contribution < -0.4 is 5.32 Å². The van der Waals surface area contributed by atoms with Gasteiger partial charge >= 0.3 is 0 Å². The zero-order chi connectivity index (χ0) is 16.9. The lowest BCUT2D eigenvalue weighted by Crippen LogP contribution is -2.47. The van der Waals surface area contributed by atoms with Crippen molar-refractivity contribution in [2.75, 3.05) is 38.5 Å². The summed E-state index contributed by atoms with van der Waals surface area (Å²) in [6.07, 6.45) is 1.50. The molecule has 2 aromatic rings. The Hall–Kier alpha value is -2.73. The fourth-order valence-corrected chi connectivity index (χ4v) is 2.60. The fourth-order valence-electron chi connectivity index (χ4n) is 2.60. The van der Waals surface area contributed by atoms with Gasteiger partial charge in [-0.25, -0.2) is 0 Å². The van der Waals surface area contributed by atoms with Crippen LogP contribution >= 0.6 is 0 Å². The number of para-hydroxylation sites is 1. The Morgan fingerprint density at radius 1 is 1.04 bits per heavy atom. The molecule has 0 atom stereocenters. The lowest BCUT2D eigenvalue weighted by molar-refractivity contribution is 0.0664. The second-order valence-electron chi connectivity index (χ2n) is 5.85.